The van der Waals surface area contributed by atoms with Crippen LogP contribution in [0, 0.1) is 13.8 Å². The molecule has 1 unspecified atom stereocenters. The fourth-order valence-electron chi connectivity index (χ4n) is 3.67. The van der Waals surface area contributed by atoms with Crippen molar-refractivity contribution in [1.29, 1.82) is 0 Å². The summed E-state index contributed by atoms with van der Waals surface area (Å²) >= 11 is 0. The number of ether oxygens (including phenoxy) is 1. The van der Waals surface area contributed by atoms with E-state index in [1.807, 2.05) is 31.2 Å². The lowest BCUT2D eigenvalue weighted by atomic mass is 9.87. The first kappa shape index (κ1) is 23.1. The van der Waals surface area contributed by atoms with E-state index in [9.17, 15) is 5.11 Å². The van der Waals surface area contributed by atoms with E-state index in [-0.39, 0.29) is 12.0 Å². The summed E-state index contributed by atoms with van der Waals surface area (Å²) in [6, 6.07) is 18.7. The van der Waals surface area contributed by atoms with Gasteiger partial charge in [-0.15, -0.1) is 0 Å². The predicted octanol–water partition coefficient (Wildman–Crippen LogP) is 5.64. The van der Waals surface area contributed by atoms with E-state index >= 15 is 0 Å². The molecule has 166 valence electrons. The Balaban J connectivity index is 1.64. The number of furan rings is 1. The number of benzene rings is 2. The second kappa shape index (κ2) is 10.2. The van der Waals surface area contributed by atoms with Crippen molar-refractivity contribution < 1.29 is 14.3 Å². The molecule has 1 atom stereocenters. The maximum atomic E-state index is 10.7. The monoisotopic (exact) mass is 421 g/mol. The van der Waals surface area contributed by atoms with Gasteiger partial charge in [0, 0.05) is 13.1 Å². The van der Waals surface area contributed by atoms with Crippen LogP contribution in [0.25, 0.3) is 0 Å². The van der Waals surface area contributed by atoms with Crippen LogP contribution >= 0.6 is 0 Å². The van der Waals surface area contributed by atoms with Crippen molar-refractivity contribution in [3.05, 3.63) is 88.9 Å². The number of aliphatic hydroxyl groups excluding tert-OH is 1. The lowest BCUT2D eigenvalue weighted by Crippen LogP contribution is -2.35. The van der Waals surface area contributed by atoms with Crippen LogP contribution in [0.3, 0.4) is 0 Å². The second-order valence-electron chi connectivity index (χ2n) is 9.43. The van der Waals surface area contributed by atoms with E-state index in [1.165, 1.54) is 16.7 Å². The van der Waals surface area contributed by atoms with Gasteiger partial charge in [0.1, 0.15) is 24.2 Å². The predicted molar refractivity (Wildman–Crippen MR) is 125 cm³/mol. The molecular weight excluding hydrogens is 386 g/mol. The smallest absolute Gasteiger partial charge is 0.122 e. The van der Waals surface area contributed by atoms with Gasteiger partial charge in [0.15, 0.2) is 0 Å². The molecule has 0 amide bonds. The zero-order chi connectivity index (χ0) is 22.4. The fraction of sp³-hybridized carbons (Fsp3) is 0.407. The third-order valence-corrected chi connectivity index (χ3v) is 5.42. The van der Waals surface area contributed by atoms with Crippen molar-refractivity contribution in [3.8, 4) is 5.75 Å². The van der Waals surface area contributed by atoms with Crippen molar-refractivity contribution in [2.75, 3.05) is 13.2 Å². The maximum Gasteiger partial charge on any atom is 0.122 e. The Kier molecular flexibility index (Phi) is 7.58. The summed E-state index contributed by atoms with van der Waals surface area (Å²) in [5.41, 5.74) is 4.94. The van der Waals surface area contributed by atoms with E-state index < -0.39 is 6.10 Å². The van der Waals surface area contributed by atoms with Gasteiger partial charge in [-0.05, 0) is 54.2 Å². The van der Waals surface area contributed by atoms with E-state index in [1.54, 1.807) is 6.26 Å². The second-order valence-corrected chi connectivity index (χ2v) is 9.43. The van der Waals surface area contributed by atoms with Gasteiger partial charge < -0.3 is 14.3 Å². The zero-order valence-electron chi connectivity index (χ0n) is 19.4. The highest BCUT2D eigenvalue weighted by atomic mass is 16.5. The summed E-state index contributed by atoms with van der Waals surface area (Å²) in [5, 5.41) is 10.7. The number of rotatable bonds is 9. The molecule has 3 aromatic rings. The highest BCUT2D eigenvalue weighted by Crippen LogP contribution is 2.23. The molecule has 4 heteroatoms. The molecule has 2 aromatic carbocycles. The summed E-state index contributed by atoms with van der Waals surface area (Å²) in [4.78, 5) is 2.20. The number of aryl methyl sites for hydroxylation is 2. The lowest BCUT2D eigenvalue weighted by molar-refractivity contribution is 0.0602. The Morgan fingerprint density at radius 3 is 2.35 bits per heavy atom. The van der Waals surface area contributed by atoms with Gasteiger partial charge in [-0.1, -0.05) is 62.7 Å². The van der Waals surface area contributed by atoms with Crippen molar-refractivity contribution in [1.82, 2.24) is 4.90 Å². The molecule has 0 aliphatic rings. The van der Waals surface area contributed by atoms with Crippen LogP contribution in [-0.4, -0.2) is 29.3 Å². The average Bonchev–Trinajstić information content (AvgIpc) is 3.20. The maximum absolute atomic E-state index is 10.7. The average molecular weight is 422 g/mol. The van der Waals surface area contributed by atoms with Gasteiger partial charge in [0.25, 0.3) is 0 Å². The molecule has 0 aliphatic heterocycles. The van der Waals surface area contributed by atoms with E-state index in [0.29, 0.717) is 13.1 Å². The van der Waals surface area contributed by atoms with Crippen LogP contribution in [0.1, 0.15) is 48.8 Å². The molecule has 0 aliphatic carbocycles. The van der Waals surface area contributed by atoms with Gasteiger partial charge in [-0.3, -0.25) is 4.90 Å². The van der Waals surface area contributed by atoms with Gasteiger partial charge in [-0.25, -0.2) is 0 Å². The molecule has 31 heavy (non-hydrogen) atoms. The molecule has 0 bridgehead atoms. The van der Waals surface area contributed by atoms with E-state index in [0.717, 1.165) is 23.6 Å². The molecular formula is C27H35NO3. The Hall–Kier alpha value is -2.56. The van der Waals surface area contributed by atoms with Crippen molar-refractivity contribution in [2.24, 2.45) is 0 Å². The van der Waals surface area contributed by atoms with Gasteiger partial charge in [0.2, 0.25) is 0 Å². The minimum atomic E-state index is -0.607. The lowest BCUT2D eigenvalue weighted by Gasteiger charge is -2.25. The van der Waals surface area contributed by atoms with Crippen LogP contribution in [0.4, 0.5) is 0 Å². The quantitative estimate of drug-likeness (QED) is 0.486. The van der Waals surface area contributed by atoms with Crippen molar-refractivity contribution >= 4 is 0 Å². The van der Waals surface area contributed by atoms with Crippen LogP contribution in [0.5, 0.6) is 5.75 Å². The van der Waals surface area contributed by atoms with Crippen LogP contribution < -0.4 is 4.74 Å². The SMILES string of the molecule is Cc1ccc(OCC(O)CN(Cc2ccc(C(C)(C)C)cc2)Cc2ccco2)c(C)c1. The minimum Gasteiger partial charge on any atom is -0.491 e. The first-order valence-electron chi connectivity index (χ1n) is 10.9. The Morgan fingerprint density at radius 1 is 1.00 bits per heavy atom. The van der Waals surface area contributed by atoms with Crippen LogP contribution in [-0.2, 0) is 18.5 Å². The highest BCUT2D eigenvalue weighted by molar-refractivity contribution is 5.35. The van der Waals surface area contributed by atoms with Crippen LogP contribution in [0.2, 0.25) is 0 Å². The number of hydrogen-bond donors (Lipinski definition) is 1. The standard InChI is InChI=1S/C27H35NO3/c1-20-8-13-26(21(2)15-20)31-19-24(29)17-28(18-25-7-6-14-30-25)16-22-9-11-23(12-10-22)27(3,4)5/h6-15,24,29H,16-19H2,1-5H3. The Labute approximate surface area is 186 Å². The van der Waals surface area contributed by atoms with Gasteiger partial charge in [-0.2, -0.15) is 0 Å². The third kappa shape index (κ3) is 6.98. The molecule has 3 rings (SSSR count). The molecule has 0 spiro atoms. The molecule has 4 nitrogen and oxygen atoms in total. The fourth-order valence-corrected chi connectivity index (χ4v) is 3.67. The normalized spacial score (nSPS) is 12.9. The minimum absolute atomic E-state index is 0.133. The van der Waals surface area contributed by atoms with Crippen molar-refractivity contribution in [3.63, 3.8) is 0 Å². The third-order valence-electron chi connectivity index (χ3n) is 5.42. The van der Waals surface area contributed by atoms with E-state index in [2.05, 4.69) is 62.9 Å². The molecule has 0 saturated carbocycles. The molecule has 1 heterocycles. The topological polar surface area (TPSA) is 45.8 Å². The Bertz CT molecular complexity index is 940. The number of hydrogen-bond acceptors (Lipinski definition) is 4. The number of aliphatic hydroxyl groups is 1. The molecule has 0 radical (unpaired) electrons. The molecule has 0 saturated heterocycles. The largest absolute Gasteiger partial charge is 0.491 e. The molecule has 0 fully saturated rings. The molecule has 1 N–H and O–H groups in total. The Morgan fingerprint density at radius 2 is 1.74 bits per heavy atom. The van der Waals surface area contributed by atoms with E-state index in [4.69, 9.17) is 9.15 Å². The summed E-state index contributed by atoms with van der Waals surface area (Å²) in [6.07, 6.45) is 1.08. The number of nitrogens with zero attached hydrogens (tertiary/aromatic N) is 1. The summed E-state index contributed by atoms with van der Waals surface area (Å²) in [5.74, 6) is 1.70. The molecule has 1 aromatic heterocycles. The van der Waals surface area contributed by atoms with Crippen LogP contribution in [0.15, 0.2) is 65.3 Å². The highest BCUT2D eigenvalue weighted by Gasteiger charge is 2.17. The summed E-state index contributed by atoms with van der Waals surface area (Å²) < 4.78 is 11.4. The first-order chi connectivity index (χ1) is 14.7. The van der Waals surface area contributed by atoms with Gasteiger partial charge in [0.05, 0.1) is 12.8 Å². The summed E-state index contributed by atoms with van der Waals surface area (Å²) in [6.45, 7) is 12.9. The zero-order valence-corrected chi connectivity index (χ0v) is 19.4. The summed E-state index contributed by atoms with van der Waals surface area (Å²) in [7, 11) is 0. The first-order valence-corrected chi connectivity index (χ1v) is 10.9. The van der Waals surface area contributed by atoms with Gasteiger partial charge >= 0.3 is 0 Å². The van der Waals surface area contributed by atoms with Crippen molar-refractivity contribution in [2.45, 2.75) is 59.2 Å².